The van der Waals surface area contributed by atoms with Crippen LogP contribution in [-0.2, 0) is 21.2 Å². The predicted octanol–water partition coefficient (Wildman–Crippen LogP) is 1.58. The summed E-state index contributed by atoms with van der Waals surface area (Å²) in [5.41, 5.74) is 2.30. The highest BCUT2D eigenvalue weighted by Crippen LogP contribution is 2.19. The van der Waals surface area contributed by atoms with Gasteiger partial charge in [0.2, 0.25) is 5.09 Å². The number of carbonyl (C=O) groups is 1. The lowest BCUT2D eigenvalue weighted by Crippen LogP contribution is -2.40. The van der Waals surface area contributed by atoms with Gasteiger partial charge in [-0.3, -0.25) is 4.79 Å². The van der Waals surface area contributed by atoms with Crippen LogP contribution in [0.15, 0.2) is 45.9 Å². The highest BCUT2D eigenvalue weighted by Gasteiger charge is 2.29. The molecule has 2 heterocycles. The molecule has 1 N–H and O–H groups in total. The molecule has 140 valence electrons. The normalized spacial score (nSPS) is 15.7. The average Bonchev–Trinajstić information content (AvgIpc) is 3.15. The molecule has 8 heteroatoms. The van der Waals surface area contributed by atoms with Crippen LogP contribution in [0.2, 0.25) is 0 Å². The maximum Gasteiger partial charge on any atom is 0.287 e. The summed E-state index contributed by atoms with van der Waals surface area (Å²) in [7, 11) is -3.74. The number of ether oxygens (including phenoxy) is 1. The van der Waals surface area contributed by atoms with E-state index in [4.69, 9.17) is 9.15 Å². The molecular formula is C18H22N2O5S. The predicted molar refractivity (Wildman–Crippen MR) is 95.5 cm³/mol. The summed E-state index contributed by atoms with van der Waals surface area (Å²) in [6.45, 7) is 3.72. The number of hydrogen-bond acceptors (Lipinski definition) is 5. The first-order valence-corrected chi connectivity index (χ1v) is 9.92. The Morgan fingerprint density at radius 2 is 1.81 bits per heavy atom. The molecule has 1 aromatic carbocycles. The largest absolute Gasteiger partial charge is 0.438 e. The smallest absolute Gasteiger partial charge is 0.287 e. The van der Waals surface area contributed by atoms with Crippen LogP contribution in [0.25, 0.3) is 0 Å². The van der Waals surface area contributed by atoms with Crippen LogP contribution < -0.4 is 5.32 Å². The Morgan fingerprint density at radius 3 is 2.50 bits per heavy atom. The van der Waals surface area contributed by atoms with Crippen molar-refractivity contribution in [1.29, 1.82) is 0 Å². The molecule has 26 heavy (non-hydrogen) atoms. The van der Waals surface area contributed by atoms with E-state index >= 15 is 0 Å². The number of morpholine rings is 1. The molecule has 0 saturated carbocycles. The quantitative estimate of drug-likeness (QED) is 0.824. The maximum atomic E-state index is 12.5. The summed E-state index contributed by atoms with van der Waals surface area (Å²) in [5, 5.41) is 2.53. The fourth-order valence-electron chi connectivity index (χ4n) is 2.66. The third-order valence-electron chi connectivity index (χ3n) is 4.19. The molecule has 0 radical (unpaired) electrons. The number of nitrogens with zero attached hydrogens (tertiary/aromatic N) is 1. The first-order chi connectivity index (χ1) is 12.5. The van der Waals surface area contributed by atoms with Gasteiger partial charge in [0.15, 0.2) is 5.76 Å². The maximum absolute atomic E-state index is 12.5. The van der Waals surface area contributed by atoms with Gasteiger partial charge in [0.25, 0.3) is 15.9 Å². The minimum Gasteiger partial charge on any atom is -0.438 e. The molecule has 1 aromatic heterocycles. The van der Waals surface area contributed by atoms with Crippen molar-refractivity contribution >= 4 is 15.9 Å². The first kappa shape index (κ1) is 18.6. The minimum atomic E-state index is -3.74. The SMILES string of the molecule is Cc1ccc(CCNC(=O)c2ccc(S(=O)(=O)N3CCOCC3)o2)cc1. The van der Waals surface area contributed by atoms with E-state index in [0.717, 1.165) is 5.56 Å². The molecule has 0 spiro atoms. The second kappa shape index (κ2) is 8.03. The Bertz CT molecular complexity index is 852. The van der Waals surface area contributed by atoms with Crippen LogP contribution in [0.1, 0.15) is 21.7 Å². The van der Waals surface area contributed by atoms with E-state index in [1.165, 1.54) is 22.0 Å². The van der Waals surface area contributed by atoms with Crippen molar-refractivity contribution < 1.29 is 22.4 Å². The van der Waals surface area contributed by atoms with Crippen LogP contribution in [-0.4, -0.2) is 51.5 Å². The van der Waals surface area contributed by atoms with E-state index < -0.39 is 15.9 Å². The highest BCUT2D eigenvalue weighted by atomic mass is 32.2. The van der Waals surface area contributed by atoms with Gasteiger partial charge < -0.3 is 14.5 Å². The van der Waals surface area contributed by atoms with Gasteiger partial charge in [-0.1, -0.05) is 29.8 Å². The van der Waals surface area contributed by atoms with Gasteiger partial charge in [-0.2, -0.15) is 4.31 Å². The molecule has 1 amide bonds. The van der Waals surface area contributed by atoms with Gasteiger partial charge in [-0.05, 0) is 31.0 Å². The van der Waals surface area contributed by atoms with Crippen molar-refractivity contribution in [2.24, 2.45) is 0 Å². The van der Waals surface area contributed by atoms with Crippen LogP contribution in [0.5, 0.6) is 0 Å². The van der Waals surface area contributed by atoms with Gasteiger partial charge in [-0.25, -0.2) is 8.42 Å². The van der Waals surface area contributed by atoms with Gasteiger partial charge >= 0.3 is 0 Å². The molecule has 7 nitrogen and oxygen atoms in total. The number of benzene rings is 1. The topological polar surface area (TPSA) is 88.9 Å². The lowest BCUT2D eigenvalue weighted by Gasteiger charge is -2.24. The number of hydrogen-bond donors (Lipinski definition) is 1. The second-order valence-electron chi connectivity index (χ2n) is 6.13. The molecule has 1 aliphatic rings. The van der Waals surface area contributed by atoms with Crippen LogP contribution in [0.3, 0.4) is 0 Å². The van der Waals surface area contributed by atoms with Gasteiger partial charge in [-0.15, -0.1) is 0 Å². The number of furan rings is 1. The molecule has 0 unspecified atom stereocenters. The summed E-state index contributed by atoms with van der Waals surface area (Å²) in [5.74, 6) is -0.443. The Morgan fingerprint density at radius 1 is 1.12 bits per heavy atom. The number of carbonyl (C=O) groups excluding carboxylic acids is 1. The molecular weight excluding hydrogens is 356 g/mol. The summed E-state index contributed by atoms with van der Waals surface area (Å²) in [6, 6.07) is 10.8. The Balaban J connectivity index is 1.58. The van der Waals surface area contributed by atoms with E-state index in [0.29, 0.717) is 26.2 Å². The molecule has 0 aliphatic carbocycles. The number of nitrogens with one attached hydrogen (secondary N) is 1. The van der Waals surface area contributed by atoms with E-state index in [2.05, 4.69) is 5.32 Å². The van der Waals surface area contributed by atoms with E-state index in [1.54, 1.807) is 0 Å². The lowest BCUT2D eigenvalue weighted by molar-refractivity contribution is 0.0722. The lowest BCUT2D eigenvalue weighted by atomic mass is 10.1. The van der Waals surface area contributed by atoms with Crippen molar-refractivity contribution in [3.05, 3.63) is 53.3 Å². The van der Waals surface area contributed by atoms with Crippen molar-refractivity contribution in [2.45, 2.75) is 18.4 Å². The van der Waals surface area contributed by atoms with E-state index in [-0.39, 0.29) is 23.9 Å². The van der Waals surface area contributed by atoms with E-state index in [9.17, 15) is 13.2 Å². The van der Waals surface area contributed by atoms with Crippen molar-refractivity contribution in [3.8, 4) is 0 Å². The van der Waals surface area contributed by atoms with Crippen molar-refractivity contribution in [1.82, 2.24) is 9.62 Å². The Hall–Kier alpha value is -2.16. The summed E-state index contributed by atoms with van der Waals surface area (Å²) >= 11 is 0. The molecule has 1 aliphatic heterocycles. The zero-order valence-corrected chi connectivity index (χ0v) is 15.4. The fourth-order valence-corrected chi connectivity index (χ4v) is 3.98. The number of sulfonamides is 1. The van der Waals surface area contributed by atoms with Gasteiger partial charge in [0.1, 0.15) is 0 Å². The minimum absolute atomic E-state index is 0.0132. The molecule has 1 saturated heterocycles. The first-order valence-electron chi connectivity index (χ1n) is 8.48. The molecule has 2 aromatic rings. The number of rotatable bonds is 6. The molecule has 0 atom stereocenters. The molecule has 0 bridgehead atoms. The third-order valence-corrected chi connectivity index (χ3v) is 5.96. The zero-order valence-electron chi connectivity index (χ0n) is 14.6. The fraction of sp³-hybridized carbons (Fsp3) is 0.389. The van der Waals surface area contributed by atoms with Gasteiger partial charge in [0, 0.05) is 19.6 Å². The zero-order chi connectivity index (χ0) is 18.6. The number of aryl methyl sites for hydroxylation is 1. The Kier molecular flexibility index (Phi) is 5.75. The summed E-state index contributed by atoms with van der Waals surface area (Å²) < 4.78 is 36.7. The van der Waals surface area contributed by atoms with Crippen LogP contribution in [0, 0.1) is 6.92 Å². The van der Waals surface area contributed by atoms with Gasteiger partial charge in [0.05, 0.1) is 13.2 Å². The van der Waals surface area contributed by atoms with Crippen LogP contribution in [0.4, 0.5) is 0 Å². The molecule has 3 rings (SSSR count). The van der Waals surface area contributed by atoms with Crippen molar-refractivity contribution in [2.75, 3.05) is 32.8 Å². The third kappa shape index (κ3) is 4.32. The highest BCUT2D eigenvalue weighted by molar-refractivity contribution is 7.89. The molecule has 1 fully saturated rings. The summed E-state index contributed by atoms with van der Waals surface area (Å²) in [4.78, 5) is 12.2. The Labute approximate surface area is 153 Å². The standard InChI is InChI=1S/C18H22N2O5S/c1-14-2-4-15(5-3-14)8-9-19-18(21)16-6-7-17(25-16)26(22,23)20-10-12-24-13-11-20/h2-7H,8-13H2,1H3,(H,19,21). The number of amides is 1. The second-order valence-corrected chi connectivity index (χ2v) is 8.00. The van der Waals surface area contributed by atoms with Crippen LogP contribution >= 0.6 is 0 Å². The average molecular weight is 378 g/mol. The van der Waals surface area contributed by atoms with E-state index in [1.807, 2.05) is 31.2 Å². The monoisotopic (exact) mass is 378 g/mol. The summed E-state index contributed by atoms with van der Waals surface area (Å²) in [6.07, 6.45) is 0.686. The van der Waals surface area contributed by atoms with Crippen molar-refractivity contribution in [3.63, 3.8) is 0 Å².